The lowest BCUT2D eigenvalue weighted by molar-refractivity contribution is 0.101. The van der Waals surface area contributed by atoms with Crippen LogP contribution >= 0.6 is 0 Å². The lowest BCUT2D eigenvalue weighted by atomic mass is 9.98. The Bertz CT molecular complexity index is 1540. The van der Waals surface area contributed by atoms with Crippen molar-refractivity contribution in [3.63, 3.8) is 0 Å². The Kier molecular flexibility index (Phi) is 6.48. The molecule has 0 atom stereocenters. The molecule has 2 aromatic heterocycles. The summed E-state index contributed by atoms with van der Waals surface area (Å²) in [5, 5.41) is 21.6. The minimum absolute atomic E-state index is 0.0795. The molecule has 4 rings (SSSR count). The number of nitriles is 1. The fourth-order valence-electron chi connectivity index (χ4n) is 4.28. The molecule has 0 aliphatic carbocycles. The van der Waals surface area contributed by atoms with Gasteiger partial charge in [0.1, 0.15) is 23.0 Å². The summed E-state index contributed by atoms with van der Waals surface area (Å²) in [6.07, 6.45) is 1.25. The molecule has 1 N–H and O–H groups in total. The predicted octanol–water partition coefficient (Wildman–Crippen LogP) is 4.83. The van der Waals surface area contributed by atoms with E-state index in [0.717, 1.165) is 27.5 Å². The molecule has 0 radical (unpaired) electrons. The first-order valence-electron chi connectivity index (χ1n) is 11.4. The third-order valence-corrected chi connectivity index (χ3v) is 6.43. The molecular weight excluding hydrogens is 444 g/mol. The predicted molar refractivity (Wildman–Crippen MR) is 132 cm³/mol. The van der Waals surface area contributed by atoms with E-state index in [-0.39, 0.29) is 29.0 Å². The van der Waals surface area contributed by atoms with Gasteiger partial charge >= 0.3 is 0 Å². The zero-order valence-corrected chi connectivity index (χ0v) is 20.1. The van der Waals surface area contributed by atoms with Crippen molar-refractivity contribution in [3.05, 3.63) is 92.0 Å². The summed E-state index contributed by atoms with van der Waals surface area (Å²) in [6.45, 7) is 5.41. The topological polar surface area (TPSA) is 105 Å². The van der Waals surface area contributed by atoms with Gasteiger partial charge in [-0.1, -0.05) is 25.1 Å². The van der Waals surface area contributed by atoms with Gasteiger partial charge in [-0.15, -0.1) is 0 Å². The van der Waals surface area contributed by atoms with E-state index < -0.39 is 17.2 Å². The van der Waals surface area contributed by atoms with Gasteiger partial charge in [0.05, 0.1) is 12.7 Å². The Morgan fingerprint density at radius 3 is 2.43 bits per heavy atom. The van der Waals surface area contributed by atoms with Crippen molar-refractivity contribution in [3.8, 4) is 17.7 Å². The van der Waals surface area contributed by atoms with Crippen LogP contribution < -0.4 is 10.3 Å². The number of carbonyl (C=O) groups is 1. The molecule has 0 spiro atoms. The molecule has 2 heterocycles. The van der Waals surface area contributed by atoms with Gasteiger partial charge in [0, 0.05) is 17.5 Å². The number of furan rings is 1. The second-order valence-corrected chi connectivity index (χ2v) is 8.43. The summed E-state index contributed by atoms with van der Waals surface area (Å²) < 4.78 is 12.1. The Morgan fingerprint density at radius 1 is 1.11 bits per heavy atom. The van der Waals surface area contributed by atoms with Gasteiger partial charge in [0.2, 0.25) is 11.7 Å². The first-order valence-corrected chi connectivity index (χ1v) is 11.4. The lowest BCUT2D eigenvalue weighted by Gasteiger charge is -2.15. The van der Waals surface area contributed by atoms with Gasteiger partial charge in [-0.25, -0.2) is 0 Å². The molecule has 2 aromatic carbocycles. The number of nitrogens with zero attached hydrogens (tertiary/aromatic N) is 2. The highest BCUT2D eigenvalue weighted by atomic mass is 16.5. The molecule has 0 saturated heterocycles. The molecule has 7 nitrogen and oxygen atoms in total. The van der Waals surface area contributed by atoms with Gasteiger partial charge in [-0.05, 0) is 67.6 Å². The number of benzene rings is 2. The van der Waals surface area contributed by atoms with Gasteiger partial charge in [-0.3, -0.25) is 14.2 Å². The molecule has 7 heteroatoms. The third kappa shape index (κ3) is 4.19. The van der Waals surface area contributed by atoms with E-state index in [1.807, 2.05) is 43.3 Å². The van der Waals surface area contributed by atoms with Crippen molar-refractivity contribution in [1.29, 1.82) is 5.26 Å². The minimum atomic E-state index is -0.638. The van der Waals surface area contributed by atoms with E-state index in [1.54, 1.807) is 26.2 Å². The van der Waals surface area contributed by atoms with Crippen LogP contribution in [0.5, 0.6) is 11.6 Å². The van der Waals surface area contributed by atoms with Crippen molar-refractivity contribution < 1.29 is 19.1 Å². The molecule has 0 unspecified atom stereocenters. The quantitative estimate of drug-likeness (QED) is 0.388. The van der Waals surface area contributed by atoms with E-state index in [2.05, 4.69) is 0 Å². The minimum Gasteiger partial charge on any atom is -0.497 e. The molecule has 0 bridgehead atoms. The van der Waals surface area contributed by atoms with E-state index in [1.165, 1.54) is 6.92 Å². The van der Waals surface area contributed by atoms with Crippen LogP contribution in [0.4, 0.5) is 0 Å². The maximum Gasteiger partial charge on any atom is 0.271 e. The van der Waals surface area contributed by atoms with Crippen LogP contribution in [0.25, 0.3) is 11.0 Å². The molecule has 0 aliphatic heterocycles. The SMILES string of the molecule is CCc1ccc2oc(C(=O)c3c(C)c(C#N)c(=O)n(CCc4ccc(OC)cc4)c3O)c(C)c2c1. The number of fused-ring (bicyclic) bond motifs is 1. The molecule has 0 aliphatic rings. The van der Waals surface area contributed by atoms with Crippen LogP contribution in [-0.4, -0.2) is 22.6 Å². The largest absolute Gasteiger partial charge is 0.497 e. The summed E-state index contributed by atoms with van der Waals surface area (Å²) >= 11 is 0. The van der Waals surface area contributed by atoms with Gasteiger partial charge in [0.25, 0.3) is 5.56 Å². The van der Waals surface area contributed by atoms with E-state index >= 15 is 0 Å². The normalized spacial score (nSPS) is 10.9. The van der Waals surface area contributed by atoms with Crippen molar-refractivity contribution in [2.75, 3.05) is 7.11 Å². The Balaban J connectivity index is 1.79. The highest BCUT2D eigenvalue weighted by Gasteiger charge is 2.28. The van der Waals surface area contributed by atoms with Crippen molar-refractivity contribution >= 4 is 16.8 Å². The average Bonchev–Trinajstić information content (AvgIpc) is 3.20. The number of ketones is 1. The summed E-state index contributed by atoms with van der Waals surface area (Å²) in [5.41, 5.74) is 2.44. The molecule has 0 amide bonds. The average molecular weight is 471 g/mol. The molecule has 35 heavy (non-hydrogen) atoms. The van der Waals surface area contributed by atoms with Gasteiger partial charge in [0.15, 0.2) is 5.76 Å². The van der Waals surface area contributed by atoms with Crippen LogP contribution in [0.1, 0.15) is 50.9 Å². The number of methoxy groups -OCH3 is 1. The number of ether oxygens (including phenoxy) is 1. The number of rotatable bonds is 7. The summed E-state index contributed by atoms with van der Waals surface area (Å²) in [7, 11) is 1.58. The fraction of sp³-hybridized carbons (Fsp3) is 0.250. The van der Waals surface area contributed by atoms with Crippen LogP contribution in [0.2, 0.25) is 0 Å². The number of hydrogen-bond acceptors (Lipinski definition) is 6. The third-order valence-electron chi connectivity index (χ3n) is 6.43. The zero-order chi connectivity index (χ0) is 25.3. The van der Waals surface area contributed by atoms with Crippen LogP contribution in [0.15, 0.2) is 51.7 Å². The standard InChI is InChI=1S/C28H26N2O5/c1-5-18-8-11-23-21(14-18)17(3)26(35-23)25(31)24-16(2)22(15-29)27(32)30(28(24)33)13-12-19-6-9-20(34-4)10-7-19/h6-11,14,33H,5,12-13H2,1-4H3. The molecule has 4 aromatic rings. The van der Waals surface area contributed by atoms with Crippen molar-refractivity contribution in [2.45, 2.75) is 40.2 Å². The number of carbonyl (C=O) groups excluding carboxylic acids is 1. The smallest absolute Gasteiger partial charge is 0.271 e. The van der Waals surface area contributed by atoms with Crippen LogP contribution in [0.3, 0.4) is 0 Å². The molecule has 178 valence electrons. The monoisotopic (exact) mass is 470 g/mol. The Morgan fingerprint density at radius 2 is 1.80 bits per heavy atom. The maximum atomic E-state index is 13.6. The fourth-order valence-corrected chi connectivity index (χ4v) is 4.28. The number of hydrogen-bond donors (Lipinski definition) is 1. The number of aryl methyl sites for hydroxylation is 3. The molecule has 0 fully saturated rings. The van der Waals surface area contributed by atoms with Crippen molar-refractivity contribution in [2.24, 2.45) is 0 Å². The van der Waals surface area contributed by atoms with Gasteiger partial charge in [-0.2, -0.15) is 5.26 Å². The molecule has 0 saturated carbocycles. The second-order valence-electron chi connectivity index (χ2n) is 8.43. The van der Waals surface area contributed by atoms with Crippen molar-refractivity contribution in [1.82, 2.24) is 4.57 Å². The van der Waals surface area contributed by atoms with E-state index in [0.29, 0.717) is 23.3 Å². The zero-order valence-electron chi connectivity index (χ0n) is 20.1. The Hall–Kier alpha value is -4.31. The van der Waals surface area contributed by atoms with Gasteiger partial charge < -0.3 is 14.3 Å². The Labute approximate surface area is 202 Å². The van der Waals surface area contributed by atoms with Crippen LogP contribution in [0, 0.1) is 25.2 Å². The summed E-state index contributed by atoms with van der Waals surface area (Å²) in [5.74, 6) is -0.257. The first kappa shape index (κ1) is 23.8. The van der Waals surface area contributed by atoms with Crippen LogP contribution in [-0.2, 0) is 19.4 Å². The highest BCUT2D eigenvalue weighted by molar-refractivity contribution is 6.12. The summed E-state index contributed by atoms with van der Waals surface area (Å²) in [6, 6.07) is 15.0. The van der Waals surface area contributed by atoms with E-state index in [9.17, 15) is 20.0 Å². The summed E-state index contributed by atoms with van der Waals surface area (Å²) in [4.78, 5) is 26.6. The van der Waals surface area contributed by atoms with E-state index in [4.69, 9.17) is 9.15 Å². The highest BCUT2D eigenvalue weighted by Crippen LogP contribution is 2.32. The lowest BCUT2D eigenvalue weighted by Crippen LogP contribution is -2.27. The molecular formula is C28H26N2O5. The number of pyridine rings is 1. The first-order chi connectivity index (χ1) is 16.8. The maximum absolute atomic E-state index is 13.6. The number of aromatic hydroxyl groups is 1. The second kappa shape index (κ2) is 9.51. The number of aromatic nitrogens is 1.